The second kappa shape index (κ2) is 6.90. The van der Waals surface area contributed by atoms with Crippen LogP contribution < -0.4 is 16.0 Å². The Bertz CT molecular complexity index is 395. The zero-order chi connectivity index (χ0) is 15.5. The first kappa shape index (κ1) is 16.5. The van der Waals surface area contributed by atoms with Crippen LogP contribution in [0.3, 0.4) is 0 Å². The number of unbranched alkanes of at least 4 members (excludes halogenated alkanes) is 1. The molecule has 0 aromatic rings. The van der Waals surface area contributed by atoms with Crippen molar-refractivity contribution in [2.75, 3.05) is 12.3 Å². The number of amides is 3. The van der Waals surface area contributed by atoms with Crippen LogP contribution in [-0.2, 0) is 4.79 Å². The molecule has 2 fully saturated rings. The molecule has 2 saturated heterocycles. The third-order valence-electron chi connectivity index (χ3n) is 3.90. The summed E-state index contributed by atoms with van der Waals surface area (Å²) in [6.45, 7) is 7.08. The molecule has 3 atom stereocenters. The van der Waals surface area contributed by atoms with Gasteiger partial charge in [-0.1, -0.05) is 27.2 Å². The number of carbonyl (C=O) groups excluding carboxylic acids is 2. The van der Waals surface area contributed by atoms with Gasteiger partial charge in [0.15, 0.2) is 0 Å². The Morgan fingerprint density at radius 2 is 2.10 bits per heavy atom. The van der Waals surface area contributed by atoms with Crippen LogP contribution in [0.5, 0.6) is 0 Å². The summed E-state index contributed by atoms with van der Waals surface area (Å²) in [6, 6.07) is 0.539. The SMILES string of the molecule is CC(C)(C)CNC(=O)CCCCC1SCC2NC(=O)NC21. The monoisotopic (exact) mass is 313 g/mol. The van der Waals surface area contributed by atoms with E-state index in [1.807, 2.05) is 11.8 Å². The van der Waals surface area contributed by atoms with Crippen LogP contribution in [0.25, 0.3) is 0 Å². The van der Waals surface area contributed by atoms with E-state index in [1.54, 1.807) is 0 Å². The molecule has 0 aromatic carbocycles. The molecule has 0 aromatic heterocycles. The van der Waals surface area contributed by atoms with E-state index in [-0.39, 0.29) is 23.4 Å². The summed E-state index contributed by atoms with van der Waals surface area (Å²) in [4.78, 5) is 23.0. The maximum atomic E-state index is 11.7. The number of carbonyl (C=O) groups is 2. The number of hydrogen-bond acceptors (Lipinski definition) is 3. The van der Waals surface area contributed by atoms with Crippen LogP contribution in [0, 0.1) is 5.41 Å². The van der Waals surface area contributed by atoms with E-state index in [0.717, 1.165) is 31.6 Å². The summed E-state index contributed by atoms with van der Waals surface area (Å²) in [5, 5.41) is 9.43. The van der Waals surface area contributed by atoms with Gasteiger partial charge < -0.3 is 16.0 Å². The van der Waals surface area contributed by atoms with Crippen LogP contribution in [-0.4, -0.2) is 41.6 Å². The Kier molecular flexibility index (Phi) is 5.41. The fraction of sp³-hybridized carbons (Fsp3) is 0.867. The Labute approximate surface area is 131 Å². The smallest absolute Gasteiger partial charge is 0.315 e. The summed E-state index contributed by atoms with van der Waals surface area (Å²) < 4.78 is 0. The molecule has 2 aliphatic heterocycles. The highest BCUT2D eigenvalue weighted by molar-refractivity contribution is 8.00. The summed E-state index contributed by atoms with van der Waals surface area (Å²) in [5.41, 5.74) is 0.138. The average molecular weight is 313 g/mol. The van der Waals surface area contributed by atoms with Gasteiger partial charge in [0.05, 0.1) is 12.1 Å². The number of fused-ring (bicyclic) bond motifs is 1. The number of hydrogen-bond donors (Lipinski definition) is 3. The van der Waals surface area contributed by atoms with Gasteiger partial charge in [-0.2, -0.15) is 11.8 Å². The number of thioether (sulfide) groups is 1. The minimum atomic E-state index is -0.0307. The van der Waals surface area contributed by atoms with Gasteiger partial charge in [-0.05, 0) is 18.3 Å². The molecule has 2 heterocycles. The van der Waals surface area contributed by atoms with Crippen molar-refractivity contribution in [3.8, 4) is 0 Å². The second-order valence-corrected chi connectivity index (χ2v) is 8.48. The first-order valence-corrected chi connectivity index (χ1v) is 8.85. The molecule has 2 aliphatic rings. The van der Waals surface area contributed by atoms with E-state index in [0.29, 0.717) is 17.7 Å². The second-order valence-electron chi connectivity index (χ2n) is 7.21. The normalized spacial score (nSPS) is 28.0. The van der Waals surface area contributed by atoms with Gasteiger partial charge in [0.2, 0.25) is 5.91 Å². The van der Waals surface area contributed by atoms with Crippen molar-refractivity contribution in [1.29, 1.82) is 0 Å². The molecule has 0 spiro atoms. The van der Waals surface area contributed by atoms with Crippen LogP contribution in [0.4, 0.5) is 4.79 Å². The summed E-state index contributed by atoms with van der Waals surface area (Å²) in [6.07, 6.45) is 3.64. The van der Waals surface area contributed by atoms with Gasteiger partial charge >= 0.3 is 6.03 Å². The standard InChI is InChI=1S/C15H27N3O2S/c1-15(2,3)9-16-12(19)7-5-4-6-11-13-10(8-21-11)17-14(20)18-13/h10-11,13H,4-9H2,1-3H3,(H,16,19)(H2,17,18,20). The maximum absolute atomic E-state index is 11.7. The third-order valence-corrected chi connectivity index (χ3v) is 5.41. The molecule has 120 valence electrons. The molecule has 2 rings (SSSR count). The van der Waals surface area contributed by atoms with Gasteiger partial charge in [0, 0.05) is 24.0 Å². The van der Waals surface area contributed by atoms with E-state index in [1.165, 1.54) is 0 Å². The zero-order valence-electron chi connectivity index (χ0n) is 13.2. The zero-order valence-corrected chi connectivity index (χ0v) is 14.0. The van der Waals surface area contributed by atoms with Gasteiger partial charge in [-0.25, -0.2) is 4.79 Å². The Hall–Kier alpha value is -0.910. The van der Waals surface area contributed by atoms with Crippen molar-refractivity contribution in [3.63, 3.8) is 0 Å². The number of rotatable bonds is 6. The largest absolute Gasteiger partial charge is 0.356 e. The highest BCUT2D eigenvalue weighted by atomic mass is 32.2. The van der Waals surface area contributed by atoms with Gasteiger partial charge in [-0.3, -0.25) is 4.79 Å². The molecule has 3 N–H and O–H groups in total. The quantitative estimate of drug-likeness (QED) is 0.518. The highest BCUT2D eigenvalue weighted by Crippen LogP contribution is 2.33. The van der Waals surface area contributed by atoms with E-state index < -0.39 is 0 Å². The van der Waals surface area contributed by atoms with E-state index in [9.17, 15) is 9.59 Å². The van der Waals surface area contributed by atoms with Crippen molar-refractivity contribution in [1.82, 2.24) is 16.0 Å². The maximum Gasteiger partial charge on any atom is 0.315 e. The molecule has 3 unspecified atom stereocenters. The van der Waals surface area contributed by atoms with Gasteiger partial charge in [-0.15, -0.1) is 0 Å². The van der Waals surface area contributed by atoms with Crippen LogP contribution in [0.1, 0.15) is 46.5 Å². The lowest BCUT2D eigenvalue weighted by Crippen LogP contribution is -2.36. The summed E-state index contributed by atoms with van der Waals surface area (Å²) in [7, 11) is 0. The Morgan fingerprint density at radius 1 is 1.33 bits per heavy atom. The lowest BCUT2D eigenvalue weighted by Gasteiger charge is -2.19. The van der Waals surface area contributed by atoms with Crippen LogP contribution in [0.15, 0.2) is 0 Å². The molecule has 0 aliphatic carbocycles. The number of nitrogens with one attached hydrogen (secondary N) is 3. The third kappa shape index (κ3) is 5.09. The lowest BCUT2D eigenvalue weighted by molar-refractivity contribution is -0.121. The first-order valence-electron chi connectivity index (χ1n) is 7.80. The summed E-state index contributed by atoms with van der Waals surface area (Å²) in [5.74, 6) is 1.15. The predicted molar refractivity (Wildman–Crippen MR) is 86.4 cm³/mol. The molecular weight excluding hydrogens is 286 g/mol. The molecule has 3 amide bonds. The Balaban J connectivity index is 1.58. The van der Waals surface area contributed by atoms with Gasteiger partial charge in [0.25, 0.3) is 0 Å². The molecule has 0 bridgehead atoms. The highest BCUT2D eigenvalue weighted by Gasteiger charge is 2.42. The van der Waals surface area contributed by atoms with Crippen LogP contribution in [0.2, 0.25) is 0 Å². The summed E-state index contributed by atoms with van der Waals surface area (Å²) >= 11 is 1.93. The fourth-order valence-electron chi connectivity index (χ4n) is 2.73. The van der Waals surface area contributed by atoms with Gasteiger partial charge in [0.1, 0.15) is 0 Å². The van der Waals surface area contributed by atoms with E-state index >= 15 is 0 Å². The van der Waals surface area contributed by atoms with Crippen molar-refractivity contribution < 1.29 is 9.59 Å². The van der Waals surface area contributed by atoms with Crippen molar-refractivity contribution in [3.05, 3.63) is 0 Å². The van der Waals surface area contributed by atoms with Crippen molar-refractivity contribution in [2.45, 2.75) is 63.8 Å². The Morgan fingerprint density at radius 3 is 2.81 bits per heavy atom. The topological polar surface area (TPSA) is 70.2 Å². The van der Waals surface area contributed by atoms with Crippen molar-refractivity contribution >= 4 is 23.7 Å². The minimum absolute atomic E-state index is 0.0307. The molecule has 5 nitrogen and oxygen atoms in total. The molecule has 6 heteroatoms. The van der Waals surface area contributed by atoms with E-state index in [2.05, 4.69) is 36.7 Å². The average Bonchev–Trinajstić information content (AvgIpc) is 2.91. The molecule has 21 heavy (non-hydrogen) atoms. The molecular formula is C15H27N3O2S. The minimum Gasteiger partial charge on any atom is -0.356 e. The fourth-order valence-corrected chi connectivity index (χ4v) is 4.27. The predicted octanol–water partition coefficient (Wildman–Crippen LogP) is 1.87. The van der Waals surface area contributed by atoms with E-state index in [4.69, 9.17) is 0 Å². The van der Waals surface area contributed by atoms with Crippen molar-refractivity contribution in [2.24, 2.45) is 5.41 Å². The molecule has 0 radical (unpaired) electrons. The molecule has 0 saturated carbocycles. The number of urea groups is 1. The first-order chi connectivity index (χ1) is 9.85. The van der Waals surface area contributed by atoms with Crippen LogP contribution >= 0.6 is 11.8 Å². The lowest BCUT2D eigenvalue weighted by atomic mass is 9.97.